The van der Waals surface area contributed by atoms with Gasteiger partial charge in [0, 0.05) is 10.0 Å². The van der Waals surface area contributed by atoms with Crippen molar-refractivity contribution in [2.75, 3.05) is 6.54 Å². The Morgan fingerprint density at radius 3 is 2.45 bits per heavy atom. The molecular formula is C15H16BrCl2NO. The molecule has 108 valence electrons. The minimum atomic E-state index is 0.0543. The van der Waals surface area contributed by atoms with Gasteiger partial charge in [0.05, 0.1) is 6.04 Å². The summed E-state index contributed by atoms with van der Waals surface area (Å²) in [6, 6.07) is 9.48. The Morgan fingerprint density at radius 1 is 1.20 bits per heavy atom. The molecule has 1 heterocycles. The van der Waals surface area contributed by atoms with Crippen molar-refractivity contribution in [3.05, 3.63) is 56.4 Å². The van der Waals surface area contributed by atoms with Crippen LogP contribution >= 0.6 is 39.1 Å². The van der Waals surface area contributed by atoms with E-state index in [0.29, 0.717) is 16.5 Å². The van der Waals surface area contributed by atoms with Crippen LogP contribution in [0.1, 0.15) is 30.7 Å². The normalized spacial score (nSPS) is 12.6. The van der Waals surface area contributed by atoms with Crippen LogP contribution in [-0.4, -0.2) is 6.54 Å². The second-order valence-corrected chi connectivity index (χ2v) is 6.15. The average molecular weight is 377 g/mol. The Balaban J connectivity index is 2.23. The van der Waals surface area contributed by atoms with E-state index in [4.69, 9.17) is 27.6 Å². The highest BCUT2D eigenvalue weighted by atomic mass is 79.9. The van der Waals surface area contributed by atoms with Crippen molar-refractivity contribution in [3.8, 4) is 0 Å². The van der Waals surface area contributed by atoms with Gasteiger partial charge >= 0.3 is 0 Å². The van der Waals surface area contributed by atoms with Crippen LogP contribution in [0, 0.1) is 0 Å². The van der Waals surface area contributed by atoms with Gasteiger partial charge in [-0.05, 0) is 65.1 Å². The fourth-order valence-corrected chi connectivity index (χ4v) is 2.91. The summed E-state index contributed by atoms with van der Waals surface area (Å²) in [5, 5.41) is 4.84. The van der Waals surface area contributed by atoms with E-state index in [2.05, 4.69) is 28.2 Å². The van der Waals surface area contributed by atoms with Gasteiger partial charge in [0.25, 0.3) is 0 Å². The van der Waals surface area contributed by atoms with Crippen molar-refractivity contribution in [1.82, 2.24) is 5.32 Å². The summed E-state index contributed by atoms with van der Waals surface area (Å²) in [6.07, 6.45) is 1.74. The molecule has 2 nitrogen and oxygen atoms in total. The minimum Gasteiger partial charge on any atom is -0.453 e. The third kappa shape index (κ3) is 4.01. The van der Waals surface area contributed by atoms with Crippen LogP contribution < -0.4 is 5.32 Å². The number of nitrogens with one attached hydrogen (secondary N) is 1. The van der Waals surface area contributed by atoms with E-state index in [1.807, 2.05) is 30.3 Å². The van der Waals surface area contributed by atoms with Crippen molar-refractivity contribution in [2.24, 2.45) is 0 Å². The van der Waals surface area contributed by atoms with E-state index in [9.17, 15) is 0 Å². The molecule has 20 heavy (non-hydrogen) atoms. The molecule has 2 rings (SSSR count). The van der Waals surface area contributed by atoms with Gasteiger partial charge in [-0.3, -0.25) is 0 Å². The van der Waals surface area contributed by atoms with Gasteiger partial charge < -0.3 is 9.73 Å². The maximum absolute atomic E-state index is 6.25. The maximum Gasteiger partial charge on any atom is 0.169 e. The summed E-state index contributed by atoms with van der Waals surface area (Å²) in [7, 11) is 0. The molecule has 5 heteroatoms. The van der Waals surface area contributed by atoms with Gasteiger partial charge in [-0.15, -0.1) is 0 Å². The summed E-state index contributed by atoms with van der Waals surface area (Å²) in [5.74, 6) is 0.876. The van der Waals surface area contributed by atoms with E-state index < -0.39 is 0 Å². The van der Waals surface area contributed by atoms with Crippen LogP contribution in [-0.2, 0) is 6.42 Å². The van der Waals surface area contributed by atoms with Gasteiger partial charge in [-0.1, -0.05) is 36.2 Å². The summed E-state index contributed by atoms with van der Waals surface area (Å²) in [5.41, 5.74) is 0.942. The molecule has 0 aliphatic heterocycles. The third-order valence-corrected chi connectivity index (χ3v) is 4.18. The lowest BCUT2D eigenvalue weighted by atomic mass is 10.0. The first-order valence-electron chi connectivity index (χ1n) is 6.53. The number of benzene rings is 1. The molecule has 0 saturated carbocycles. The molecule has 0 aliphatic carbocycles. The predicted octanol–water partition coefficient (Wildman–Crippen LogP) is 5.63. The topological polar surface area (TPSA) is 25.2 Å². The van der Waals surface area contributed by atoms with Crippen molar-refractivity contribution >= 4 is 39.1 Å². The smallest absolute Gasteiger partial charge is 0.169 e. The Hall–Kier alpha value is -0.480. The molecule has 1 unspecified atom stereocenters. The van der Waals surface area contributed by atoms with Crippen molar-refractivity contribution < 1.29 is 4.42 Å². The molecule has 1 aromatic carbocycles. The summed E-state index contributed by atoms with van der Waals surface area (Å²) < 4.78 is 6.39. The first-order chi connectivity index (χ1) is 9.61. The lowest BCUT2D eigenvalue weighted by Crippen LogP contribution is -2.24. The van der Waals surface area contributed by atoms with Gasteiger partial charge in [0.1, 0.15) is 5.76 Å². The number of rotatable bonds is 6. The van der Waals surface area contributed by atoms with Gasteiger partial charge in [-0.25, -0.2) is 0 Å². The van der Waals surface area contributed by atoms with E-state index in [-0.39, 0.29) is 6.04 Å². The summed E-state index contributed by atoms with van der Waals surface area (Å²) in [4.78, 5) is 0. The van der Waals surface area contributed by atoms with Crippen LogP contribution in [0.3, 0.4) is 0 Å². The quantitative estimate of drug-likeness (QED) is 0.706. The molecule has 0 bridgehead atoms. The molecule has 0 saturated heterocycles. The zero-order valence-corrected chi connectivity index (χ0v) is 14.2. The molecular weight excluding hydrogens is 361 g/mol. The fourth-order valence-electron chi connectivity index (χ4n) is 2.04. The van der Waals surface area contributed by atoms with Gasteiger partial charge in [0.2, 0.25) is 0 Å². The Kier molecular flexibility index (Phi) is 5.97. The van der Waals surface area contributed by atoms with E-state index in [1.54, 1.807) is 0 Å². The molecule has 0 radical (unpaired) electrons. The van der Waals surface area contributed by atoms with Crippen LogP contribution in [0.25, 0.3) is 0 Å². The van der Waals surface area contributed by atoms with Gasteiger partial charge in [0.15, 0.2) is 4.67 Å². The minimum absolute atomic E-state index is 0.0543. The van der Waals surface area contributed by atoms with Crippen molar-refractivity contribution in [2.45, 2.75) is 25.8 Å². The number of furan rings is 1. The Bertz CT molecular complexity index is 551. The van der Waals surface area contributed by atoms with E-state index in [1.165, 1.54) is 0 Å². The lowest BCUT2D eigenvalue weighted by molar-refractivity contribution is 0.400. The zero-order valence-electron chi connectivity index (χ0n) is 11.1. The molecule has 0 aliphatic rings. The largest absolute Gasteiger partial charge is 0.453 e. The van der Waals surface area contributed by atoms with Crippen molar-refractivity contribution in [1.29, 1.82) is 0 Å². The number of hydrogen-bond donors (Lipinski definition) is 1. The first-order valence-corrected chi connectivity index (χ1v) is 8.08. The molecule has 1 N–H and O–H groups in total. The van der Waals surface area contributed by atoms with Crippen LogP contribution in [0.15, 0.2) is 39.4 Å². The average Bonchev–Trinajstić information content (AvgIpc) is 2.84. The lowest BCUT2D eigenvalue weighted by Gasteiger charge is -2.18. The van der Waals surface area contributed by atoms with E-state index >= 15 is 0 Å². The predicted molar refractivity (Wildman–Crippen MR) is 87.6 cm³/mol. The standard InChI is InChI=1S/C15H16BrCl2NO/c1-2-8-19-13(14-6-7-15(16)20-14)9-10-11(17)4-3-5-12(10)18/h3-7,13,19H,2,8-9H2,1H3. The molecule has 0 fully saturated rings. The maximum atomic E-state index is 6.25. The third-order valence-electron chi connectivity index (χ3n) is 3.05. The molecule has 1 atom stereocenters. The second kappa shape index (κ2) is 7.51. The van der Waals surface area contributed by atoms with Crippen molar-refractivity contribution in [3.63, 3.8) is 0 Å². The SMILES string of the molecule is CCCNC(Cc1c(Cl)cccc1Cl)c1ccc(Br)o1. The van der Waals surface area contributed by atoms with Crippen LogP contribution in [0.4, 0.5) is 0 Å². The number of halogens is 3. The summed E-state index contributed by atoms with van der Waals surface area (Å²) >= 11 is 15.8. The highest BCUT2D eigenvalue weighted by Crippen LogP contribution is 2.30. The fraction of sp³-hybridized carbons (Fsp3) is 0.333. The number of hydrogen-bond acceptors (Lipinski definition) is 2. The monoisotopic (exact) mass is 375 g/mol. The molecule has 2 aromatic rings. The molecule has 0 amide bonds. The van der Waals surface area contributed by atoms with Crippen LogP contribution in [0.2, 0.25) is 10.0 Å². The Morgan fingerprint density at radius 2 is 1.90 bits per heavy atom. The van der Waals surface area contributed by atoms with Crippen LogP contribution in [0.5, 0.6) is 0 Å². The molecule has 1 aromatic heterocycles. The highest BCUT2D eigenvalue weighted by molar-refractivity contribution is 9.10. The Labute approximate surface area is 137 Å². The van der Waals surface area contributed by atoms with Gasteiger partial charge in [-0.2, -0.15) is 0 Å². The highest BCUT2D eigenvalue weighted by Gasteiger charge is 2.18. The first kappa shape index (κ1) is 15.9. The molecule has 0 spiro atoms. The zero-order chi connectivity index (χ0) is 14.5. The summed E-state index contributed by atoms with van der Waals surface area (Å²) in [6.45, 7) is 3.04. The second-order valence-electron chi connectivity index (χ2n) is 4.55. The van der Waals surface area contributed by atoms with E-state index in [0.717, 1.165) is 29.0 Å².